The lowest BCUT2D eigenvalue weighted by atomic mass is 10.1. The fourth-order valence-electron chi connectivity index (χ4n) is 2.30. The molecule has 5 nitrogen and oxygen atoms in total. The van der Waals surface area contributed by atoms with E-state index >= 15 is 0 Å². The Kier molecular flexibility index (Phi) is 6.27. The summed E-state index contributed by atoms with van der Waals surface area (Å²) in [6.45, 7) is 0.192. The molecule has 138 valence electrons. The van der Waals surface area contributed by atoms with E-state index in [0.717, 1.165) is 10.8 Å². The summed E-state index contributed by atoms with van der Waals surface area (Å²) >= 11 is 1.41. The Bertz CT molecular complexity index is 910. The van der Waals surface area contributed by atoms with E-state index in [1.54, 1.807) is 5.38 Å². The van der Waals surface area contributed by atoms with Gasteiger partial charge in [0.1, 0.15) is 23.2 Å². The van der Waals surface area contributed by atoms with E-state index in [-0.39, 0.29) is 24.7 Å². The number of carbonyl (C=O) groups is 2. The van der Waals surface area contributed by atoms with Crippen LogP contribution in [0.4, 0.5) is 4.39 Å². The number of amides is 1. The average Bonchev–Trinajstić information content (AvgIpc) is 3.13. The molecule has 0 saturated heterocycles. The molecule has 1 amide bonds. The molecule has 3 aromatic rings. The van der Waals surface area contributed by atoms with Crippen molar-refractivity contribution in [1.29, 1.82) is 0 Å². The van der Waals surface area contributed by atoms with Crippen molar-refractivity contribution in [3.05, 3.63) is 82.1 Å². The third-order valence-electron chi connectivity index (χ3n) is 3.66. The van der Waals surface area contributed by atoms with Crippen LogP contribution in [0.2, 0.25) is 0 Å². The predicted octanol–water partition coefficient (Wildman–Crippen LogP) is 3.40. The van der Waals surface area contributed by atoms with Gasteiger partial charge >= 0.3 is 0 Å². The second kappa shape index (κ2) is 9.05. The van der Waals surface area contributed by atoms with Crippen LogP contribution in [-0.2, 0) is 17.8 Å². The SMILES string of the molecule is O=C(Cc1csc(COc2ccccc2)n1)NCC(=O)c1ccc(F)cc1. The summed E-state index contributed by atoms with van der Waals surface area (Å²) in [5.41, 5.74) is 0.976. The fraction of sp³-hybridized carbons (Fsp3) is 0.150. The normalized spacial score (nSPS) is 10.4. The van der Waals surface area contributed by atoms with Gasteiger partial charge in [0.25, 0.3) is 0 Å². The van der Waals surface area contributed by atoms with Crippen molar-refractivity contribution in [3.8, 4) is 5.75 Å². The Morgan fingerprint density at radius 2 is 1.81 bits per heavy atom. The molecule has 7 heteroatoms. The molecule has 0 radical (unpaired) electrons. The van der Waals surface area contributed by atoms with Gasteiger partial charge in [0.05, 0.1) is 18.7 Å². The lowest BCUT2D eigenvalue weighted by Gasteiger charge is -2.04. The summed E-state index contributed by atoms with van der Waals surface area (Å²) in [5.74, 6) is -0.234. The number of hydrogen-bond acceptors (Lipinski definition) is 5. The molecule has 0 unspecified atom stereocenters. The molecule has 0 aliphatic heterocycles. The molecular weight excluding hydrogens is 367 g/mol. The number of aromatic nitrogens is 1. The van der Waals surface area contributed by atoms with Crippen molar-refractivity contribution in [2.75, 3.05) is 6.54 Å². The molecule has 0 saturated carbocycles. The summed E-state index contributed by atoms with van der Waals surface area (Å²) in [6.07, 6.45) is 0.0819. The Hall–Kier alpha value is -3.06. The summed E-state index contributed by atoms with van der Waals surface area (Å²) in [4.78, 5) is 28.3. The van der Waals surface area contributed by atoms with Crippen LogP contribution in [0.25, 0.3) is 0 Å². The van der Waals surface area contributed by atoms with E-state index in [1.807, 2.05) is 30.3 Å². The zero-order valence-corrected chi connectivity index (χ0v) is 15.2. The number of benzene rings is 2. The summed E-state index contributed by atoms with van der Waals surface area (Å²) in [6, 6.07) is 14.6. The monoisotopic (exact) mass is 384 g/mol. The average molecular weight is 384 g/mol. The first-order valence-electron chi connectivity index (χ1n) is 8.27. The predicted molar refractivity (Wildman–Crippen MR) is 100 cm³/mol. The van der Waals surface area contributed by atoms with E-state index < -0.39 is 5.82 Å². The number of hydrogen-bond donors (Lipinski definition) is 1. The number of carbonyl (C=O) groups excluding carboxylic acids is 2. The number of nitrogens with zero attached hydrogens (tertiary/aromatic N) is 1. The number of thiazole rings is 1. The zero-order chi connectivity index (χ0) is 19.1. The van der Waals surface area contributed by atoms with Crippen LogP contribution in [0.1, 0.15) is 21.1 Å². The topological polar surface area (TPSA) is 68.3 Å². The summed E-state index contributed by atoms with van der Waals surface area (Å²) < 4.78 is 18.5. The van der Waals surface area contributed by atoms with Crippen LogP contribution in [-0.4, -0.2) is 23.2 Å². The van der Waals surface area contributed by atoms with E-state index in [2.05, 4.69) is 10.3 Å². The van der Waals surface area contributed by atoms with Crippen molar-refractivity contribution in [1.82, 2.24) is 10.3 Å². The number of halogens is 1. The van der Waals surface area contributed by atoms with Gasteiger partial charge in [0, 0.05) is 10.9 Å². The first-order valence-corrected chi connectivity index (χ1v) is 9.15. The van der Waals surface area contributed by atoms with Gasteiger partial charge in [-0.1, -0.05) is 18.2 Å². The van der Waals surface area contributed by atoms with Gasteiger partial charge < -0.3 is 10.1 Å². The highest BCUT2D eigenvalue weighted by molar-refractivity contribution is 7.09. The first-order chi connectivity index (χ1) is 13.1. The number of ketones is 1. The summed E-state index contributed by atoms with van der Waals surface area (Å²) in [5, 5.41) is 5.13. The van der Waals surface area contributed by atoms with Gasteiger partial charge in [0.2, 0.25) is 5.91 Å². The maximum Gasteiger partial charge on any atom is 0.226 e. The molecule has 27 heavy (non-hydrogen) atoms. The highest BCUT2D eigenvalue weighted by atomic mass is 32.1. The smallest absolute Gasteiger partial charge is 0.226 e. The molecule has 1 aromatic heterocycles. The summed E-state index contributed by atoms with van der Waals surface area (Å²) in [7, 11) is 0. The maximum atomic E-state index is 12.9. The van der Waals surface area contributed by atoms with E-state index in [1.165, 1.54) is 35.6 Å². The number of ether oxygens (including phenoxy) is 1. The minimum Gasteiger partial charge on any atom is -0.486 e. The quantitative estimate of drug-likeness (QED) is 0.605. The number of para-hydroxylation sites is 1. The molecule has 0 atom stereocenters. The van der Waals surface area contributed by atoms with E-state index in [0.29, 0.717) is 17.9 Å². The van der Waals surface area contributed by atoms with E-state index in [4.69, 9.17) is 4.74 Å². The van der Waals surface area contributed by atoms with Crippen LogP contribution < -0.4 is 10.1 Å². The Labute approximate surface area is 159 Å². The van der Waals surface area contributed by atoms with Crippen LogP contribution in [0.15, 0.2) is 60.0 Å². The van der Waals surface area contributed by atoms with Gasteiger partial charge in [-0.05, 0) is 36.4 Å². The molecule has 1 N–H and O–H groups in total. The molecule has 3 rings (SSSR count). The molecule has 0 bridgehead atoms. The lowest BCUT2D eigenvalue weighted by Crippen LogP contribution is -2.30. The fourth-order valence-corrected chi connectivity index (χ4v) is 3.01. The van der Waals surface area contributed by atoms with Gasteiger partial charge in [-0.15, -0.1) is 11.3 Å². The lowest BCUT2D eigenvalue weighted by molar-refractivity contribution is -0.120. The van der Waals surface area contributed by atoms with Crippen LogP contribution >= 0.6 is 11.3 Å². The standard InChI is InChI=1S/C20H17FN2O3S/c21-15-8-6-14(7-9-15)18(24)11-22-19(25)10-16-13-27-20(23-16)12-26-17-4-2-1-3-5-17/h1-9,13H,10-12H2,(H,22,25). The first kappa shape index (κ1) is 18.7. The van der Waals surface area contributed by atoms with E-state index in [9.17, 15) is 14.0 Å². The molecule has 0 aliphatic carbocycles. The third kappa shape index (κ3) is 5.72. The molecule has 1 heterocycles. The highest BCUT2D eigenvalue weighted by Gasteiger charge is 2.11. The Balaban J connectivity index is 1.45. The molecule has 2 aromatic carbocycles. The zero-order valence-electron chi connectivity index (χ0n) is 14.4. The van der Waals surface area contributed by atoms with Crippen molar-refractivity contribution in [2.45, 2.75) is 13.0 Å². The van der Waals surface area contributed by atoms with Gasteiger partial charge in [-0.25, -0.2) is 9.37 Å². The molecule has 0 fully saturated rings. The molecular formula is C20H17FN2O3S. The van der Waals surface area contributed by atoms with Crippen LogP contribution in [0.5, 0.6) is 5.75 Å². The maximum absolute atomic E-state index is 12.9. The van der Waals surface area contributed by atoms with Crippen LogP contribution in [0.3, 0.4) is 0 Å². The van der Waals surface area contributed by atoms with Gasteiger partial charge in [-0.3, -0.25) is 9.59 Å². The van der Waals surface area contributed by atoms with Crippen molar-refractivity contribution >= 4 is 23.0 Å². The van der Waals surface area contributed by atoms with Crippen LogP contribution in [0, 0.1) is 5.82 Å². The molecule has 0 spiro atoms. The van der Waals surface area contributed by atoms with Crippen molar-refractivity contribution in [2.24, 2.45) is 0 Å². The highest BCUT2D eigenvalue weighted by Crippen LogP contribution is 2.15. The number of Topliss-reactive ketones (excluding diaryl/α,β-unsaturated/α-hetero) is 1. The van der Waals surface area contributed by atoms with Crippen molar-refractivity contribution < 1.29 is 18.7 Å². The van der Waals surface area contributed by atoms with Gasteiger partial charge in [-0.2, -0.15) is 0 Å². The number of nitrogens with one attached hydrogen (secondary N) is 1. The van der Waals surface area contributed by atoms with Gasteiger partial charge in [0.15, 0.2) is 5.78 Å². The molecule has 0 aliphatic rings. The largest absolute Gasteiger partial charge is 0.486 e. The second-order valence-electron chi connectivity index (χ2n) is 5.72. The minimum atomic E-state index is -0.411. The number of rotatable bonds is 8. The van der Waals surface area contributed by atoms with Crippen molar-refractivity contribution in [3.63, 3.8) is 0 Å². The second-order valence-corrected chi connectivity index (χ2v) is 6.66. The third-order valence-corrected chi connectivity index (χ3v) is 4.53. The Morgan fingerprint density at radius 1 is 1.07 bits per heavy atom. The minimum absolute atomic E-state index is 0.0819. The Morgan fingerprint density at radius 3 is 2.56 bits per heavy atom.